The van der Waals surface area contributed by atoms with E-state index in [2.05, 4.69) is 11.7 Å². The van der Waals surface area contributed by atoms with Crippen molar-refractivity contribution < 1.29 is 9.53 Å². The van der Waals surface area contributed by atoms with Gasteiger partial charge in [0.15, 0.2) is 0 Å². The smallest absolute Gasteiger partial charge is 0.293 e. The van der Waals surface area contributed by atoms with E-state index in [1.54, 1.807) is 0 Å². The summed E-state index contributed by atoms with van der Waals surface area (Å²) in [5, 5.41) is 0. The second-order valence-corrected chi connectivity index (χ2v) is 2.91. The summed E-state index contributed by atoms with van der Waals surface area (Å²) in [4.78, 5) is 9.61. The Morgan fingerprint density at radius 1 is 1.67 bits per heavy atom. The molecule has 0 atom stereocenters. The van der Waals surface area contributed by atoms with Gasteiger partial charge in [0, 0.05) is 0 Å². The van der Waals surface area contributed by atoms with Crippen LogP contribution in [0.1, 0.15) is 13.3 Å². The van der Waals surface area contributed by atoms with Gasteiger partial charge in [-0.1, -0.05) is 6.92 Å². The number of carbonyl (C=O) groups excluding carboxylic acids is 1. The fourth-order valence-electron chi connectivity index (χ4n) is 0.437. The van der Waals surface area contributed by atoms with E-state index in [0.29, 0.717) is 13.1 Å². The monoisotopic (exact) mass is 148 g/mol. The first kappa shape index (κ1) is 8.82. The molecule has 2 nitrogen and oxygen atoms in total. The predicted molar refractivity (Wildman–Crippen MR) is 39.6 cm³/mol. The number of rotatable bonds is 6. The van der Waals surface area contributed by atoms with Gasteiger partial charge in [0.05, 0.1) is 6.61 Å². The van der Waals surface area contributed by atoms with Crippen LogP contribution in [0.25, 0.3) is 0 Å². The van der Waals surface area contributed by atoms with Gasteiger partial charge in [-0.3, -0.25) is 4.79 Å². The highest BCUT2D eigenvalue weighted by molar-refractivity contribution is 7.99. The molecule has 0 saturated carbocycles. The molecular weight excluding hydrogens is 136 g/mol. The zero-order valence-electron chi connectivity index (χ0n) is 5.63. The summed E-state index contributed by atoms with van der Waals surface area (Å²) in [5.41, 5.74) is 0. The van der Waals surface area contributed by atoms with Crippen LogP contribution in [0, 0.1) is 0 Å². The van der Waals surface area contributed by atoms with Crippen LogP contribution < -0.4 is 0 Å². The minimum absolute atomic E-state index is 0.497. The number of hydrogen-bond donors (Lipinski definition) is 0. The van der Waals surface area contributed by atoms with E-state index in [-0.39, 0.29) is 0 Å². The number of thioether (sulfide) groups is 1. The lowest BCUT2D eigenvalue weighted by molar-refractivity contribution is -0.128. The fraction of sp³-hybridized carbons (Fsp3) is 0.833. The Morgan fingerprint density at radius 3 is 3.00 bits per heavy atom. The standard InChI is InChI=1S/C6H12O2S/c1-2-9-5-3-4-8-6-7/h6H,2-5H2,1H3. The minimum Gasteiger partial charge on any atom is -0.468 e. The van der Waals surface area contributed by atoms with E-state index in [9.17, 15) is 4.79 Å². The quantitative estimate of drug-likeness (QED) is 0.419. The van der Waals surface area contributed by atoms with Crippen molar-refractivity contribution in [1.82, 2.24) is 0 Å². The van der Waals surface area contributed by atoms with Crippen LogP contribution >= 0.6 is 11.8 Å². The molecule has 0 aromatic carbocycles. The van der Waals surface area contributed by atoms with Crippen molar-refractivity contribution in [2.45, 2.75) is 13.3 Å². The largest absolute Gasteiger partial charge is 0.468 e. The van der Waals surface area contributed by atoms with Crippen LogP contribution in [-0.2, 0) is 9.53 Å². The summed E-state index contributed by atoms with van der Waals surface area (Å²) >= 11 is 1.86. The van der Waals surface area contributed by atoms with Crippen LogP contribution in [0.4, 0.5) is 0 Å². The van der Waals surface area contributed by atoms with Crippen molar-refractivity contribution in [3.63, 3.8) is 0 Å². The van der Waals surface area contributed by atoms with Crippen LogP contribution in [0.5, 0.6) is 0 Å². The topological polar surface area (TPSA) is 26.3 Å². The van der Waals surface area contributed by atoms with Crippen molar-refractivity contribution in [3.05, 3.63) is 0 Å². The van der Waals surface area contributed by atoms with E-state index in [0.717, 1.165) is 17.9 Å². The lowest BCUT2D eigenvalue weighted by Crippen LogP contribution is -1.92. The average molecular weight is 148 g/mol. The maximum absolute atomic E-state index is 9.61. The Morgan fingerprint density at radius 2 is 2.44 bits per heavy atom. The van der Waals surface area contributed by atoms with Gasteiger partial charge in [0.2, 0.25) is 0 Å². The molecule has 0 spiro atoms. The van der Waals surface area contributed by atoms with Gasteiger partial charge >= 0.3 is 0 Å². The molecule has 0 aromatic rings. The minimum atomic E-state index is 0.497. The summed E-state index contributed by atoms with van der Waals surface area (Å²) < 4.78 is 4.49. The van der Waals surface area contributed by atoms with Gasteiger partial charge in [-0.2, -0.15) is 11.8 Å². The fourth-order valence-corrected chi connectivity index (χ4v) is 1.05. The van der Waals surface area contributed by atoms with E-state index in [1.807, 2.05) is 11.8 Å². The molecule has 0 heterocycles. The van der Waals surface area contributed by atoms with Gasteiger partial charge in [0.1, 0.15) is 0 Å². The Kier molecular flexibility index (Phi) is 7.66. The molecule has 9 heavy (non-hydrogen) atoms. The highest BCUT2D eigenvalue weighted by Gasteiger charge is 1.85. The summed E-state index contributed by atoms with van der Waals surface area (Å²) in [6.07, 6.45) is 0.969. The normalized spacial score (nSPS) is 9.00. The first-order valence-electron chi connectivity index (χ1n) is 3.04. The van der Waals surface area contributed by atoms with Crippen LogP contribution in [0.15, 0.2) is 0 Å². The summed E-state index contributed by atoms with van der Waals surface area (Å²) in [6, 6.07) is 0. The lowest BCUT2D eigenvalue weighted by atomic mass is 10.5. The third-order valence-corrected chi connectivity index (χ3v) is 1.81. The molecule has 0 aliphatic rings. The zero-order chi connectivity index (χ0) is 6.95. The van der Waals surface area contributed by atoms with Crippen LogP contribution in [0.2, 0.25) is 0 Å². The maximum atomic E-state index is 9.61. The van der Waals surface area contributed by atoms with Gasteiger partial charge in [0.25, 0.3) is 6.47 Å². The van der Waals surface area contributed by atoms with E-state index < -0.39 is 0 Å². The Balaban J connectivity index is 2.66. The predicted octanol–water partition coefficient (Wildman–Crippen LogP) is 1.30. The molecular formula is C6H12O2S. The first-order valence-corrected chi connectivity index (χ1v) is 4.20. The van der Waals surface area contributed by atoms with Crippen molar-refractivity contribution in [1.29, 1.82) is 0 Å². The maximum Gasteiger partial charge on any atom is 0.293 e. The van der Waals surface area contributed by atoms with Gasteiger partial charge in [-0.15, -0.1) is 0 Å². The molecule has 0 unspecified atom stereocenters. The van der Waals surface area contributed by atoms with Crippen molar-refractivity contribution in [3.8, 4) is 0 Å². The SMILES string of the molecule is CCSCCCOC=O. The molecule has 0 aromatic heterocycles. The average Bonchev–Trinajstić information content (AvgIpc) is 1.89. The Labute approximate surface area is 60.0 Å². The van der Waals surface area contributed by atoms with Gasteiger partial charge in [-0.25, -0.2) is 0 Å². The summed E-state index contributed by atoms with van der Waals surface area (Å²) in [7, 11) is 0. The zero-order valence-corrected chi connectivity index (χ0v) is 6.45. The van der Waals surface area contributed by atoms with E-state index in [4.69, 9.17) is 0 Å². The van der Waals surface area contributed by atoms with Crippen LogP contribution in [0.3, 0.4) is 0 Å². The molecule has 0 aliphatic carbocycles. The van der Waals surface area contributed by atoms with Gasteiger partial charge in [-0.05, 0) is 17.9 Å². The molecule has 0 amide bonds. The molecule has 0 rings (SSSR count). The first-order chi connectivity index (χ1) is 4.41. The highest BCUT2D eigenvalue weighted by Crippen LogP contribution is 1.99. The molecule has 3 heteroatoms. The number of ether oxygens (including phenoxy) is 1. The van der Waals surface area contributed by atoms with Crippen LogP contribution in [-0.4, -0.2) is 24.6 Å². The van der Waals surface area contributed by atoms with Crippen molar-refractivity contribution in [2.24, 2.45) is 0 Å². The van der Waals surface area contributed by atoms with Crippen molar-refractivity contribution in [2.75, 3.05) is 18.1 Å². The van der Waals surface area contributed by atoms with E-state index in [1.165, 1.54) is 0 Å². The number of carbonyl (C=O) groups is 1. The molecule has 0 fully saturated rings. The highest BCUT2D eigenvalue weighted by atomic mass is 32.2. The molecule has 0 aliphatic heterocycles. The third-order valence-electron chi connectivity index (χ3n) is 0.823. The Bertz CT molecular complexity index is 66.1. The molecule has 54 valence electrons. The van der Waals surface area contributed by atoms with Crippen molar-refractivity contribution >= 4 is 18.2 Å². The number of hydrogen-bond acceptors (Lipinski definition) is 3. The molecule has 0 radical (unpaired) electrons. The molecule has 0 saturated heterocycles. The second-order valence-electron chi connectivity index (χ2n) is 1.52. The summed E-state index contributed by atoms with van der Waals surface area (Å²) in [5.74, 6) is 2.23. The molecule has 0 bridgehead atoms. The van der Waals surface area contributed by atoms with Gasteiger partial charge < -0.3 is 4.74 Å². The second kappa shape index (κ2) is 7.82. The third kappa shape index (κ3) is 7.82. The summed E-state index contributed by atoms with van der Waals surface area (Å²) in [6.45, 7) is 3.18. The molecule has 0 N–H and O–H groups in total. The van der Waals surface area contributed by atoms with E-state index >= 15 is 0 Å². The lowest BCUT2D eigenvalue weighted by Gasteiger charge is -1.95. The Hall–Kier alpha value is -0.180.